The molecule has 0 N–H and O–H groups in total. The Morgan fingerprint density at radius 1 is 0.250 bits per heavy atom. The van der Waals surface area contributed by atoms with E-state index in [0.29, 0.717) is 0 Å². The van der Waals surface area contributed by atoms with Crippen LogP contribution in [0.1, 0.15) is 0 Å². The van der Waals surface area contributed by atoms with Gasteiger partial charge in [0.1, 0.15) is 0 Å². The predicted molar refractivity (Wildman–Crippen MR) is 270 cm³/mol. The molecule has 4 heteroatoms. The summed E-state index contributed by atoms with van der Waals surface area (Å²) in [6.45, 7) is 0. The molecule has 304 valence electrons. The Balaban J connectivity index is 1.15. The van der Waals surface area contributed by atoms with Crippen molar-refractivity contribution in [2.75, 3.05) is 14.7 Å². The van der Waals surface area contributed by atoms with Gasteiger partial charge >= 0.3 is 0 Å². The molecule has 0 unspecified atom stereocenters. The minimum Gasteiger partial charge on any atom is -0.310 e. The summed E-state index contributed by atoms with van der Waals surface area (Å²) in [7, 11) is 0. The van der Waals surface area contributed by atoms with Gasteiger partial charge in [-0.2, -0.15) is 0 Å². The number of hydrogen-bond donors (Lipinski definition) is 0. The van der Waals surface area contributed by atoms with Gasteiger partial charge in [-0.3, -0.25) is 0 Å². The largest absolute Gasteiger partial charge is 0.310 e. The van der Waals surface area contributed by atoms with Crippen LogP contribution in [-0.2, 0) is 0 Å². The number of aromatic nitrogens is 1. The van der Waals surface area contributed by atoms with Crippen LogP contribution >= 0.6 is 0 Å². The van der Waals surface area contributed by atoms with Gasteiger partial charge in [-0.05, 0) is 121 Å². The number of anilines is 9. The molecule has 0 radical (unpaired) electrons. The second-order valence-corrected chi connectivity index (χ2v) is 15.8. The van der Waals surface area contributed by atoms with E-state index >= 15 is 0 Å². The summed E-state index contributed by atoms with van der Waals surface area (Å²) in [6.07, 6.45) is 0. The topological polar surface area (TPSA) is 14.7 Å². The van der Waals surface area contributed by atoms with Crippen LogP contribution in [0.4, 0.5) is 51.2 Å². The van der Waals surface area contributed by atoms with Gasteiger partial charge in [0.2, 0.25) is 0 Å². The van der Waals surface area contributed by atoms with E-state index < -0.39 is 0 Å². The molecule has 0 saturated heterocycles. The lowest BCUT2D eigenvalue weighted by Gasteiger charge is -2.31. The summed E-state index contributed by atoms with van der Waals surface area (Å²) in [5, 5.41) is 2.38. The van der Waals surface area contributed by atoms with Crippen molar-refractivity contribution in [2.24, 2.45) is 0 Å². The van der Waals surface area contributed by atoms with Crippen molar-refractivity contribution >= 4 is 73.0 Å². The summed E-state index contributed by atoms with van der Waals surface area (Å²) in [5.41, 5.74) is 15.4. The van der Waals surface area contributed by atoms with Crippen LogP contribution in [-0.4, -0.2) is 4.57 Å². The molecule has 0 spiro atoms. The first-order chi connectivity index (χ1) is 31.8. The fourth-order valence-corrected chi connectivity index (χ4v) is 9.08. The van der Waals surface area contributed by atoms with Gasteiger partial charge < -0.3 is 19.3 Å². The number of hydrogen-bond acceptors (Lipinski definition) is 3. The maximum absolute atomic E-state index is 2.43. The van der Waals surface area contributed by atoms with Crippen molar-refractivity contribution in [2.45, 2.75) is 0 Å². The van der Waals surface area contributed by atoms with Gasteiger partial charge in [-0.25, -0.2) is 0 Å². The van der Waals surface area contributed by atoms with Crippen molar-refractivity contribution in [1.82, 2.24) is 4.57 Å². The Kier molecular flexibility index (Phi) is 10.2. The standard InChI is InChI=1S/C60H44N4/c1-7-22-45(23-8-1)56-38-21-39-57-58-44-55(40-41-59(58)64(60(56)57)50-32-17-6-18-33-50)63(53-36-19-34-51(42-53)61(46-24-9-2-10-25-46)47-26-11-3-12-27-47)54-37-20-35-52(43-54)62(48-28-13-4-14-29-48)49-30-15-5-16-31-49/h1-44H. The number of benzene rings is 10. The van der Waals surface area contributed by atoms with E-state index in [1.54, 1.807) is 0 Å². The molecule has 0 amide bonds. The SMILES string of the molecule is c1ccc(-c2cccc3c4cc(N(c5cccc(N(c6ccccc6)c6ccccc6)c5)c5cccc(N(c6ccccc6)c6ccccc6)c5)ccc4n(-c4ccccc4)c23)cc1. The van der Waals surface area contributed by atoms with Gasteiger partial charge in [-0.15, -0.1) is 0 Å². The zero-order chi connectivity index (χ0) is 42.7. The highest BCUT2D eigenvalue weighted by molar-refractivity contribution is 6.15. The first-order valence-electron chi connectivity index (χ1n) is 21.8. The van der Waals surface area contributed by atoms with Gasteiger partial charge in [-0.1, -0.05) is 152 Å². The van der Waals surface area contributed by atoms with Crippen LogP contribution in [0.2, 0.25) is 0 Å². The van der Waals surface area contributed by atoms with Gasteiger partial charge in [0, 0.05) is 73.2 Å². The zero-order valence-corrected chi connectivity index (χ0v) is 35.2. The summed E-state index contributed by atoms with van der Waals surface area (Å²) in [5.74, 6) is 0. The third-order valence-corrected chi connectivity index (χ3v) is 11.9. The van der Waals surface area contributed by atoms with Crippen LogP contribution in [0.25, 0.3) is 38.6 Å². The van der Waals surface area contributed by atoms with E-state index in [2.05, 4.69) is 286 Å². The summed E-state index contributed by atoms with van der Waals surface area (Å²) >= 11 is 0. The molecule has 11 aromatic rings. The van der Waals surface area contributed by atoms with E-state index in [-0.39, 0.29) is 0 Å². The third-order valence-electron chi connectivity index (χ3n) is 11.9. The molecule has 64 heavy (non-hydrogen) atoms. The number of fused-ring (bicyclic) bond motifs is 3. The molecule has 10 aromatic carbocycles. The molecule has 0 aliphatic rings. The molecule has 0 aliphatic heterocycles. The lowest BCUT2D eigenvalue weighted by atomic mass is 10.0. The molecular formula is C60H44N4. The molecule has 0 atom stereocenters. The number of rotatable bonds is 11. The normalized spacial score (nSPS) is 11.1. The molecule has 0 bridgehead atoms. The van der Waals surface area contributed by atoms with E-state index in [4.69, 9.17) is 0 Å². The summed E-state index contributed by atoms with van der Waals surface area (Å²) < 4.78 is 2.43. The van der Waals surface area contributed by atoms with Crippen LogP contribution < -0.4 is 14.7 Å². The number of para-hydroxylation sites is 6. The molecule has 0 saturated carbocycles. The van der Waals surface area contributed by atoms with Gasteiger partial charge in [0.25, 0.3) is 0 Å². The van der Waals surface area contributed by atoms with Crippen molar-refractivity contribution in [3.63, 3.8) is 0 Å². The third kappa shape index (κ3) is 7.23. The van der Waals surface area contributed by atoms with Crippen molar-refractivity contribution in [1.29, 1.82) is 0 Å². The highest BCUT2D eigenvalue weighted by atomic mass is 15.2. The first-order valence-corrected chi connectivity index (χ1v) is 21.8. The molecule has 1 heterocycles. The maximum atomic E-state index is 2.43. The zero-order valence-electron chi connectivity index (χ0n) is 35.2. The highest BCUT2D eigenvalue weighted by Gasteiger charge is 2.22. The fraction of sp³-hybridized carbons (Fsp3) is 0. The molecular weight excluding hydrogens is 777 g/mol. The van der Waals surface area contributed by atoms with Crippen molar-refractivity contribution in [3.8, 4) is 16.8 Å². The monoisotopic (exact) mass is 820 g/mol. The molecule has 0 fully saturated rings. The van der Waals surface area contributed by atoms with E-state index in [0.717, 1.165) is 62.4 Å². The second kappa shape index (κ2) is 17.0. The molecule has 11 rings (SSSR count). The van der Waals surface area contributed by atoms with Crippen molar-refractivity contribution < 1.29 is 0 Å². The van der Waals surface area contributed by atoms with E-state index in [9.17, 15) is 0 Å². The van der Waals surface area contributed by atoms with Crippen LogP contribution in [0.3, 0.4) is 0 Å². The summed E-state index contributed by atoms with van der Waals surface area (Å²) in [4.78, 5) is 7.06. The molecule has 0 aliphatic carbocycles. The minimum atomic E-state index is 1.04. The smallest absolute Gasteiger partial charge is 0.0619 e. The lowest BCUT2D eigenvalue weighted by Crippen LogP contribution is -2.14. The Labute approximate surface area is 374 Å². The van der Waals surface area contributed by atoms with Crippen LogP contribution in [0, 0.1) is 0 Å². The van der Waals surface area contributed by atoms with E-state index in [1.807, 2.05) is 0 Å². The first kappa shape index (κ1) is 38.3. The Hall–Kier alpha value is -8.60. The highest BCUT2D eigenvalue weighted by Crippen LogP contribution is 2.45. The Morgan fingerprint density at radius 3 is 1.06 bits per heavy atom. The Morgan fingerprint density at radius 2 is 0.609 bits per heavy atom. The fourth-order valence-electron chi connectivity index (χ4n) is 9.08. The van der Waals surface area contributed by atoms with Gasteiger partial charge in [0.05, 0.1) is 11.0 Å². The summed E-state index contributed by atoms with van der Waals surface area (Å²) in [6, 6.07) is 95.4. The minimum absolute atomic E-state index is 1.04. The maximum Gasteiger partial charge on any atom is 0.0619 e. The molecule has 1 aromatic heterocycles. The average molecular weight is 821 g/mol. The van der Waals surface area contributed by atoms with Gasteiger partial charge in [0.15, 0.2) is 0 Å². The average Bonchev–Trinajstić information content (AvgIpc) is 3.70. The van der Waals surface area contributed by atoms with Crippen LogP contribution in [0.15, 0.2) is 267 Å². The quantitative estimate of drug-likeness (QED) is 0.129. The van der Waals surface area contributed by atoms with E-state index in [1.165, 1.54) is 27.4 Å². The van der Waals surface area contributed by atoms with Crippen molar-refractivity contribution in [3.05, 3.63) is 267 Å². The Bertz CT molecular complexity index is 3110. The molecule has 4 nitrogen and oxygen atoms in total. The number of nitrogens with zero attached hydrogens (tertiary/aromatic N) is 4. The van der Waals surface area contributed by atoms with Crippen LogP contribution in [0.5, 0.6) is 0 Å². The second-order valence-electron chi connectivity index (χ2n) is 15.8. The lowest BCUT2D eigenvalue weighted by molar-refractivity contribution is 1.18. The predicted octanol–water partition coefficient (Wildman–Crippen LogP) is 16.9.